The third kappa shape index (κ3) is 5.15. The van der Waals surface area contributed by atoms with Gasteiger partial charge in [0.15, 0.2) is 5.82 Å². The Morgan fingerprint density at radius 2 is 1.69 bits per heavy atom. The summed E-state index contributed by atoms with van der Waals surface area (Å²) in [5.41, 5.74) is 5.38. The van der Waals surface area contributed by atoms with Crippen LogP contribution in [0.2, 0.25) is 0 Å². The van der Waals surface area contributed by atoms with Gasteiger partial charge in [0.1, 0.15) is 17.3 Å². The van der Waals surface area contributed by atoms with Crippen LogP contribution in [0.1, 0.15) is 94.1 Å². The highest BCUT2D eigenvalue weighted by Gasteiger charge is 2.25. The van der Waals surface area contributed by atoms with E-state index in [0.717, 1.165) is 52.7 Å². The summed E-state index contributed by atoms with van der Waals surface area (Å²) in [5.74, 6) is 3.76. The predicted molar refractivity (Wildman–Crippen MR) is 155 cm³/mol. The number of pyridine rings is 1. The van der Waals surface area contributed by atoms with Gasteiger partial charge in [-0.2, -0.15) is 0 Å². The Kier molecular flexibility index (Phi) is 7.08. The number of nitrogens with zero attached hydrogens (tertiary/aromatic N) is 5. The van der Waals surface area contributed by atoms with Crippen LogP contribution in [0, 0.1) is 31.5 Å². The van der Waals surface area contributed by atoms with E-state index in [1.807, 2.05) is 31.3 Å². The summed E-state index contributed by atoms with van der Waals surface area (Å²) < 4.78 is 17.4. The number of imidazole rings is 1. The largest absolute Gasteiger partial charge is 0.325 e. The number of fused-ring (bicyclic) bond motifs is 1. The predicted octanol–water partition coefficient (Wildman–Crippen LogP) is 8.43. The fourth-order valence-electron chi connectivity index (χ4n) is 6.82. The van der Waals surface area contributed by atoms with Crippen LogP contribution in [0.25, 0.3) is 22.3 Å². The Balaban J connectivity index is 1.24. The molecule has 6 rings (SSSR count). The molecule has 2 aliphatic rings. The average molecular weight is 527 g/mol. The van der Waals surface area contributed by atoms with Crippen LogP contribution in [-0.4, -0.2) is 24.5 Å². The van der Waals surface area contributed by atoms with Gasteiger partial charge >= 0.3 is 0 Å². The molecule has 39 heavy (non-hydrogen) atoms. The molecule has 0 atom stereocenters. The highest BCUT2D eigenvalue weighted by Crippen LogP contribution is 2.39. The van der Waals surface area contributed by atoms with Gasteiger partial charge in [-0.25, -0.2) is 24.3 Å². The summed E-state index contributed by atoms with van der Waals surface area (Å²) in [6.45, 7) is 8.78. The zero-order valence-corrected chi connectivity index (χ0v) is 23.5. The normalized spacial score (nSPS) is 20.3. The van der Waals surface area contributed by atoms with Gasteiger partial charge < -0.3 is 9.88 Å². The van der Waals surface area contributed by atoms with E-state index in [9.17, 15) is 0 Å². The van der Waals surface area contributed by atoms with Crippen molar-refractivity contribution in [1.82, 2.24) is 24.5 Å². The van der Waals surface area contributed by atoms with Gasteiger partial charge in [-0.1, -0.05) is 32.8 Å². The lowest BCUT2D eigenvalue weighted by Crippen LogP contribution is -2.17. The smallest absolute Gasteiger partial charge is 0.229 e. The Labute approximate surface area is 230 Å². The standard InChI is InChI=1S/C32H39FN6/c1-19(2)22-9-11-23(12-10-22)24-13-14-29(34-17-24)37-32-35-18-27(33)31(38-32)25-15-20(3)30-28(16-25)39(21(4)36-30)26-7-5-6-8-26/h13-19,22-23,26H,5-12H2,1-4H3,(H,34,35,37,38). The van der Waals surface area contributed by atoms with E-state index in [0.29, 0.717) is 23.7 Å². The van der Waals surface area contributed by atoms with E-state index < -0.39 is 5.82 Å². The lowest BCUT2D eigenvalue weighted by Gasteiger charge is -2.31. The molecule has 3 heterocycles. The van der Waals surface area contributed by atoms with Crippen LogP contribution in [0.3, 0.4) is 0 Å². The van der Waals surface area contributed by atoms with E-state index in [-0.39, 0.29) is 5.69 Å². The first-order chi connectivity index (χ1) is 18.9. The second-order valence-electron chi connectivity index (χ2n) is 12.0. The van der Waals surface area contributed by atoms with Gasteiger partial charge in [-0.3, -0.25) is 0 Å². The molecule has 2 aliphatic carbocycles. The monoisotopic (exact) mass is 526 g/mol. The Bertz CT molecular complexity index is 1460. The molecule has 6 nitrogen and oxygen atoms in total. The number of benzene rings is 1. The molecular weight excluding hydrogens is 487 g/mol. The number of hydrogen-bond acceptors (Lipinski definition) is 5. The van der Waals surface area contributed by atoms with Crippen LogP contribution in [0.15, 0.2) is 36.7 Å². The van der Waals surface area contributed by atoms with Gasteiger partial charge in [0.25, 0.3) is 0 Å². The number of halogens is 1. The van der Waals surface area contributed by atoms with Crippen LogP contribution in [0.4, 0.5) is 16.2 Å². The molecule has 0 bridgehead atoms. The fraction of sp³-hybridized carbons (Fsp3) is 0.500. The summed E-state index contributed by atoms with van der Waals surface area (Å²) in [5, 5.41) is 3.19. The topological polar surface area (TPSA) is 68.5 Å². The highest BCUT2D eigenvalue weighted by molar-refractivity contribution is 5.85. The van der Waals surface area contributed by atoms with Gasteiger partial charge in [0.05, 0.1) is 17.2 Å². The van der Waals surface area contributed by atoms with Gasteiger partial charge in [0.2, 0.25) is 5.95 Å². The minimum atomic E-state index is -0.441. The van der Waals surface area contributed by atoms with Crippen molar-refractivity contribution in [3.63, 3.8) is 0 Å². The lowest BCUT2D eigenvalue weighted by molar-refractivity contribution is 0.258. The Hall–Kier alpha value is -3.35. The Morgan fingerprint density at radius 3 is 2.38 bits per heavy atom. The van der Waals surface area contributed by atoms with Gasteiger partial charge in [-0.05, 0) is 99.5 Å². The van der Waals surface area contributed by atoms with Crippen LogP contribution in [0.5, 0.6) is 0 Å². The van der Waals surface area contributed by atoms with Crippen molar-refractivity contribution in [2.75, 3.05) is 5.32 Å². The van der Waals surface area contributed by atoms with Crippen molar-refractivity contribution in [3.05, 3.63) is 59.4 Å². The average Bonchev–Trinajstić information content (AvgIpc) is 3.57. The molecule has 1 aromatic carbocycles. The summed E-state index contributed by atoms with van der Waals surface area (Å²) in [4.78, 5) is 18.3. The van der Waals surface area contributed by atoms with Crippen LogP contribution < -0.4 is 5.32 Å². The second-order valence-corrected chi connectivity index (χ2v) is 12.0. The van der Waals surface area contributed by atoms with E-state index in [1.54, 1.807) is 0 Å². The van der Waals surface area contributed by atoms with Crippen molar-refractivity contribution in [3.8, 4) is 11.3 Å². The zero-order chi connectivity index (χ0) is 27.1. The number of aromatic nitrogens is 5. The molecule has 2 fully saturated rings. The third-order valence-corrected chi connectivity index (χ3v) is 9.08. The van der Waals surface area contributed by atoms with E-state index in [1.165, 1.54) is 50.3 Å². The summed E-state index contributed by atoms with van der Waals surface area (Å²) >= 11 is 0. The molecule has 0 unspecified atom stereocenters. The molecule has 204 valence electrons. The molecule has 7 heteroatoms. The molecular formula is C32H39FN6. The van der Waals surface area contributed by atoms with Gasteiger partial charge in [-0.15, -0.1) is 0 Å². The van der Waals surface area contributed by atoms with Crippen molar-refractivity contribution >= 4 is 22.8 Å². The molecule has 0 aliphatic heterocycles. The number of nitrogens with one attached hydrogen (secondary N) is 1. The maximum Gasteiger partial charge on any atom is 0.229 e. The number of anilines is 2. The first kappa shape index (κ1) is 25.9. The molecule has 0 amide bonds. The maximum atomic E-state index is 15.1. The molecule has 1 N–H and O–H groups in total. The molecule has 4 aromatic rings. The van der Waals surface area contributed by atoms with Crippen molar-refractivity contribution in [1.29, 1.82) is 0 Å². The van der Waals surface area contributed by atoms with E-state index in [4.69, 9.17) is 4.98 Å². The van der Waals surface area contributed by atoms with Crippen molar-refractivity contribution < 1.29 is 4.39 Å². The molecule has 0 spiro atoms. The minimum absolute atomic E-state index is 0.285. The Morgan fingerprint density at radius 1 is 0.923 bits per heavy atom. The highest BCUT2D eigenvalue weighted by atomic mass is 19.1. The number of rotatable bonds is 6. The third-order valence-electron chi connectivity index (χ3n) is 9.08. The zero-order valence-electron chi connectivity index (χ0n) is 23.5. The van der Waals surface area contributed by atoms with Crippen LogP contribution >= 0.6 is 0 Å². The molecule has 3 aromatic heterocycles. The van der Waals surface area contributed by atoms with Crippen molar-refractivity contribution in [2.24, 2.45) is 11.8 Å². The molecule has 2 saturated carbocycles. The SMILES string of the molecule is Cc1cc(-c2nc(Nc3ccc(C4CCC(C(C)C)CC4)cn3)ncc2F)cc2c1nc(C)n2C1CCCC1. The van der Waals surface area contributed by atoms with E-state index >= 15 is 4.39 Å². The lowest BCUT2D eigenvalue weighted by atomic mass is 9.75. The quantitative estimate of drug-likeness (QED) is 0.273. The summed E-state index contributed by atoms with van der Waals surface area (Å²) in [6, 6.07) is 8.61. The molecule has 0 radical (unpaired) electrons. The van der Waals surface area contributed by atoms with Gasteiger partial charge in [0, 0.05) is 17.8 Å². The number of hydrogen-bond donors (Lipinski definition) is 1. The first-order valence-corrected chi connectivity index (χ1v) is 14.6. The first-order valence-electron chi connectivity index (χ1n) is 14.6. The second kappa shape index (κ2) is 10.7. The molecule has 0 saturated heterocycles. The fourth-order valence-corrected chi connectivity index (χ4v) is 6.82. The minimum Gasteiger partial charge on any atom is -0.325 e. The maximum absolute atomic E-state index is 15.1. The number of aryl methyl sites for hydroxylation is 2. The van der Waals surface area contributed by atoms with Crippen LogP contribution in [-0.2, 0) is 0 Å². The van der Waals surface area contributed by atoms with E-state index in [2.05, 4.69) is 51.7 Å². The summed E-state index contributed by atoms with van der Waals surface area (Å²) in [6.07, 6.45) is 13.1. The summed E-state index contributed by atoms with van der Waals surface area (Å²) in [7, 11) is 0. The van der Waals surface area contributed by atoms with Crippen molar-refractivity contribution in [2.45, 2.75) is 91.0 Å².